The molecule has 2 aromatic rings. The summed E-state index contributed by atoms with van der Waals surface area (Å²) in [6.45, 7) is 4.00. The Kier molecular flexibility index (Phi) is 5.42. The fourth-order valence-corrected chi connectivity index (χ4v) is 3.28. The van der Waals surface area contributed by atoms with Gasteiger partial charge < -0.3 is 14.6 Å². The quantitative estimate of drug-likeness (QED) is 0.318. The number of carboxylic acids is 1. The molecule has 6 heteroatoms. The van der Waals surface area contributed by atoms with E-state index >= 15 is 0 Å². The molecule has 0 saturated carbocycles. The minimum atomic E-state index is -1.07. The van der Waals surface area contributed by atoms with Gasteiger partial charge in [0.05, 0.1) is 5.56 Å². The highest BCUT2D eigenvalue weighted by Gasteiger charge is 2.21. The predicted octanol–water partition coefficient (Wildman–Crippen LogP) is 5.28. The molecule has 0 saturated heterocycles. The number of benzene rings is 3. The van der Waals surface area contributed by atoms with Crippen LogP contribution in [0.4, 0.5) is 0 Å². The molecule has 4 rings (SSSR count). The van der Waals surface area contributed by atoms with E-state index < -0.39 is 5.97 Å². The van der Waals surface area contributed by atoms with Crippen molar-refractivity contribution in [3.05, 3.63) is 70.4 Å². The number of hydrogen-bond donors (Lipinski definition) is 3. The van der Waals surface area contributed by atoms with Gasteiger partial charge in [0.2, 0.25) is 0 Å². The van der Waals surface area contributed by atoms with Gasteiger partial charge in [0.25, 0.3) is 0 Å². The van der Waals surface area contributed by atoms with Crippen LogP contribution in [0.1, 0.15) is 24.2 Å². The lowest BCUT2D eigenvalue weighted by atomic mass is 9.91. The second-order valence-corrected chi connectivity index (χ2v) is 6.37. The Morgan fingerprint density at radius 3 is 2.43 bits per heavy atom. The number of thiol groups is 1. The topological polar surface area (TPSA) is 87.7 Å². The maximum atomic E-state index is 11.7. The van der Waals surface area contributed by atoms with Gasteiger partial charge in [-0.1, -0.05) is 13.8 Å². The second kappa shape index (κ2) is 7.78. The zero-order chi connectivity index (χ0) is 20.4. The summed E-state index contributed by atoms with van der Waals surface area (Å²) in [4.78, 5) is 24.1. The van der Waals surface area contributed by atoms with Crippen LogP contribution >= 0.6 is 12.6 Å². The highest BCUT2D eigenvalue weighted by Crippen LogP contribution is 2.42. The van der Waals surface area contributed by atoms with Crippen molar-refractivity contribution in [2.24, 2.45) is 0 Å². The third-order valence-corrected chi connectivity index (χ3v) is 4.46. The monoisotopic (exact) mass is 394 g/mol. The van der Waals surface area contributed by atoms with Crippen LogP contribution in [0.3, 0.4) is 0 Å². The van der Waals surface area contributed by atoms with Crippen molar-refractivity contribution < 1.29 is 19.4 Å². The molecule has 2 N–H and O–H groups in total. The number of aromatic hydroxyl groups is 1. The van der Waals surface area contributed by atoms with Crippen molar-refractivity contribution in [1.29, 1.82) is 0 Å². The summed E-state index contributed by atoms with van der Waals surface area (Å²) in [5, 5.41) is 20.0. The van der Waals surface area contributed by atoms with E-state index in [1.165, 1.54) is 30.3 Å². The van der Waals surface area contributed by atoms with E-state index in [0.717, 1.165) is 0 Å². The summed E-state index contributed by atoms with van der Waals surface area (Å²) in [7, 11) is 0. The van der Waals surface area contributed by atoms with Crippen LogP contribution in [-0.2, 0) is 0 Å². The molecule has 0 atom stereocenters. The van der Waals surface area contributed by atoms with E-state index in [4.69, 9.17) is 4.42 Å². The number of carbonyl (C=O) groups is 1. The Balaban J connectivity index is 0.00000109. The Labute approximate surface area is 166 Å². The van der Waals surface area contributed by atoms with E-state index in [0.29, 0.717) is 38.3 Å². The highest BCUT2D eigenvalue weighted by atomic mass is 32.1. The zero-order valence-corrected chi connectivity index (χ0v) is 16.2. The van der Waals surface area contributed by atoms with Gasteiger partial charge in [0.1, 0.15) is 17.1 Å². The van der Waals surface area contributed by atoms with Crippen molar-refractivity contribution >= 4 is 29.6 Å². The minimum Gasteiger partial charge on any atom is -0.508 e. The molecule has 1 aliphatic carbocycles. The van der Waals surface area contributed by atoms with Crippen LogP contribution < -0.4 is 5.43 Å². The van der Waals surface area contributed by atoms with Crippen molar-refractivity contribution in [1.82, 2.24) is 0 Å². The predicted molar refractivity (Wildman–Crippen MR) is 112 cm³/mol. The molecule has 2 aliphatic rings. The maximum absolute atomic E-state index is 11.7. The number of phenolic OH excluding ortho intramolecular Hbond substituents is 1. The molecule has 0 spiro atoms. The number of rotatable bonds is 2. The first kappa shape index (κ1) is 19.5. The summed E-state index contributed by atoms with van der Waals surface area (Å²) < 4.78 is 5.77. The van der Waals surface area contributed by atoms with Crippen LogP contribution in [0.2, 0.25) is 0 Å². The van der Waals surface area contributed by atoms with Crippen LogP contribution in [0.25, 0.3) is 33.4 Å². The molecule has 0 amide bonds. The fourth-order valence-electron chi connectivity index (χ4n) is 3.07. The van der Waals surface area contributed by atoms with Crippen LogP contribution in [-0.4, -0.2) is 16.2 Å². The van der Waals surface area contributed by atoms with E-state index in [9.17, 15) is 19.8 Å². The molecule has 142 valence electrons. The van der Waals surface area contributed by atoms with Gasteiger partial charge in [-0.15, -0.1) is 12.6 Å². The number of hydrogen-bond acceptors (Lipinski definition) is 5. The van der Waals surface area contributed by atoms with Gasteiger partial charge >= 0.3 is 5.97 Å². The summed E-state index contributed by atoms with van der Waals surface area (Å²) in [5.41, 5.74) is 1.89. The molecule has 2 aromatic carbocycles. The summed E-state index contributed by atoms with van der Waals surface area (Å²) in [6.07, 6.45) is 0. The van der Waals surface area contributed by atoms with E-state index in [-0.39, 0.29) is 16.7 Å². The van der Waals surface area contributed by atoms with Crippen LogP contribution in [0.15, 0.2) is 68.7 Å². The van der Waals surface area contributed by atoms with Gasteiger partial charge in [-0.3, -0.25) is 4.79 Å². The fraction of sp³-hybridized carbons (Fsp3) is 0.0909. The van der Waals surface area contributed by atoms with Gasteiger partial charge in [0, 0.05) is 33.5 Å². The average Bonchev–Trinajstić information content (AvgIpc) is 2.67. The summed E-state index contributed by atoms with van der Waals surface area (Å²) in [5.74, 6) is -0.757. The smallest absolute Gasteiger partial charge is 0.336 e. The van der Waals surface area contributed by atoms with Gasteiger partial charge in [-0.05, 0) is 48.0 Å². The molecular weight excluding hydrogens is 376 g/mol. The lowest BCUT2D eigenvalue weighted by Crippen LogP contribution is -2.03. The molecule has 0 unspecified atom stereocenters. The molecule has 28 heavy (non-hydrogen) atoms. The van der Waals surface area contributed by atoms with Gasteiger partial charge in [-0.25, -0.2) is 4.79 Å². The van der Waals surface area contributed by atoms with Crippen molar-refractivity contribution in [2.45, 2.75) is 18.7 Å². The number of phenols is 1. The summed E-state index contributed by atoms with van der Waals surface area (Å²) in [6, 6.07) is 13.7. The average molecular weight is 394 g/mol. The van der Waals surface area contributed by atoms with E-state index in [1.807, 2.05) is 13.8 Å². The Morgan fingerprint density at radius 1 is 0.964 bits per heavy atom. The summed E-state index contributed by atoms with van der Waals surface area (Å²) >= 11 is 4.33. The van der Waals surface area contributed by atoms with Crippen molar-refractivity contribution in [3.8, 4) is 28.2 Å². The first-order valence-electron chi connectivity index (χ1n) is 8.70. The lowest BCUT2D eigenvalue weighted by Gasteiger charge is -2.17. The third-order valence-electron chi connectivity index (χ3n) is 4.18. The van der Waals surface area contributed by atoms with Crippen molar-refractivity contribution in [2.75, 3.05) is 0 Å². The van der Waals surface area contributed by atoms with Crippen LogP contribution in [0, 0.1) is 0 Å². The Morgan fingerprint density at radius 2 is 1.71 bits per heavy atom. The minimum absolute atomic E-state index is 0.00577. The number of aromatic carboxylic acids is 1. The second-order valence-electron chi connectivity index (χ2n) is 5.85. The normalized spacial score (nSPS) is 10.5. The zero-order valence-electron chi connectivity index (χ0n) is 15.3. The lowest BCUT2D eigenvalue weighted by molar-refractivity contribution is 0.0697. The highest BCUT2D eigenvalue weighted by molar-refractivity contribution is 7.80. The molecular formula is C22H18O5S. The molecule has 1 heterocycles. The van der Waals surface area contributed by atoms with Gasteiger partial charge in [-0.2, -0.15) is 0 Å². The molecule has 0 aromatic heterocycles. The molecule has 1 aliphatic heterocycles. The largest absolute Gasteiger partial charge is 0.508 e. The Hall–Kier alpha value is -3.25. The van der Waals surface area contributed by atoms with Crippen LogP contribution in [0.5, 0.6) is 5.75 Å². The third kappa shape index (κ3) is 3.46. The molecule has 5 nitrogen and oxygen atoms in total. The standard InChI is InChI=1S/C20H12O5S.C2H6/c21-10-1-4-14-17(7-10)25-18-8-11(22)2-5-15(18)19(14)16-9-12(26)3-6-13(16)20(23)24;1-2/h1-9,21,26H,(H,23,24);1-2H3. The van der Waals surface area contributed by atoms with Crippen molar-refractivity contribution in [3.63, 3.8) is 0 Å². The molecule has 0 bridgehead atoms. The first-order valence-corrected chi connectivity index (χ1v) is 9.15. The number of carboxylic acid groups (broad SMARTS) is 1. The SMILES string of the molecule is CC.O=C(O)c1ccc(S)cc1-c1c2ccc(=O)cc-2oc2cc(O)ccc12. The first-order chi connectivity index (χ1) is 13.4. The van der Waals surface area contributed by atoms with E-state index in [2.05, 4.69) is 12.6 Å². The van der Waals surface area contributed by atoms with E-state index in [1.54, 1.807) is 24.3 Å². The number of fused-ring (bicyclic) bond motifs is 2. The molecule has 0 radical (unpaired) electrons. The van der Waals surface area contributed by atoms with Gasteiger partial charge in [0.15, 0.2) is 5.43 Å². The molecule has 0 fully saturated rings. The maximum Gasteiger partial charge on any atom is 0.336 e. The Bertz CT molecular complexity index is 1210.